The zero-order valence-corrected chi connectivity index (χ0v) is 17.8. The maximum Gasteiger partial charge on any atom is 0.257 e. The van der Waals surface area contributed by atoms with Crippen molar-refractivity contribution in [2.24, 2.45) is 0 Å². The summed E-state index contributed by atoms with van der Waals surface area (Å²) in [6, 6.07) is 21.3. The number of benzene rings is 3. The number of hydrogen-bond acceptors (Lipinski definition) is 4. The normalized spacial score (nSPS) is 16.1. The van der Waals surface area contributed by atoms with Gasteiger partial charge in [-0.3, -0.25) is 19.8 Å². The fraction of sp³-hybridized carbons (Fsp3) is 0.167. The van der Waals surface area contributed by atoms with Crippen LogP contribution in [0.2, 0.25) is 5.02 Å². The predicted molar refractivity (Wildman–Crippen MR) is 124 cm³/mol. The highest BCUT2D eigenvalue weighted by Gasteiger charge is 2.22. The fourth-order valence-corrected chi connectivity index (χ4v) is 3.69. The van der Waals surface area contributed by atoms with Crippen LogP contribution < -0.4 is 16.0 Å². The third-order valence-corrected chi connectivity index (χ3v) is 5.51. The molecule has 7 heteroatoms. The Kier molecular flexibility index (Phi) is 6.32. The summed E-state index contributed by atoms with van der Waals surface area (Å²) in [7, 11) is 2.07. The first kappa shape index (κ1) is 21.1. The molecule has 1 saturated heterocycles. The van der Waals surface area contributed by atoms with Crippen LogP contribution in [0.25, 0.3) is 0 Å². The van der Waals surface area contributed by atoms with Crippen molar-refractivity contribution < 1.29 is 9.59 Å². The number of rotatable bonds is 5. The Labute approximate surface area is 186 Å². The van der Waals surface area contributed by atoms with Crippen LogP contribution in [-0.4, -0.2) is 36.9 Å². The van der Waals surface area contributed by atoms with E-state index in [1.807, 2.05) is 12.1 Å². The van der Waals surface area contributed by atoms with Gasteiger partial charge in [0.1, 0.15) is 0 Å². The molecule has 1 aliphatic rings. The molecule has 6 nitrogen and oxygen atoms in total. The SMILES string of the molecule is CN1CCNC1c1ccc(C(=O)Nc2ccccc2C(=O)Nc2ccc(Cl)cc2)cc1. The van der Waals surface area contributed by atoms with Gasteiger partial charge in [0.15, 0.2) is 0 Å². The summed E-state index contributed by atoms with van der Waals surface area (Å²) in [6.07, 6.45) is 0.161. The van der Waals surface area contributed by atoms with Crippen LogP contribution in [0, 0.1) is 0 Å². The van der Waals surface area contributed by atoms with Gasteiger partial charge in [0.2, 0.25) is 0 Å². The molecule has 1 fully saturated rings. The Morgan fingerprint density at radius 1 is 0.935 bits per heavy atom. The highest BCUT2D eigenvalue weighted by atomic mass is 35.5. The smallest absolute Gasteiger partial charge is 0.257 e. The van der Waals surface area contributed by atoms with Gasteiger partial charge < -0.3 is 10.6 Å². The van der Waals surface area contributed by atoms with Gasteiger partial charge in [-0.25, -0.2) is 0 Å². The van der Waals surface area contributed by atoms with Crippen LogP contribution in [0.1, 0.15) is 32.4 Å². The second kappa shape index (κ2) is 9.31. The molecule has 2 amide bonds. The molecule has 1 aliphatic heterocycles. The Bertz CT molecular complexity index is 1080. The van der Waals surface area contributed by atoms with Gasteiger partial charge in [0.05, 0.1) is 17.4 Å². The summed E-state index contributed by atoms with van der Waals surface area (Å²) >= 11 is 5.89. The van der Waals surface area contributed by atoms with Crippen molar-refractivity contribution in [3.63, 3.8) is 0 Å². The lowest BCUT2D eigenvalue weighted by molar-refractivity contribution is 0.102. The number of amides is 2. The fourth-order valence-electron chi connectivity index (χ4n) is 3.57. The second-order valence-electron chi connectivity index (χ2n) is 7.42. The molecule has 0 bridgehead atoms. The maximum absolute atomic E-state index is 12.8. The van der Waals surface area contributed by atoms with Crippen molar-refractivity contribution in [2.75, 3.05) is 30.8 Å². The van der Waals surface area contributed by atoms with Crippen LogP contribution in [0.5, 0.6) is 0 Å². The summed E-state index contributed by atoms with van der Waals surface area (Å²) in [5.74, 6) is -0.588. The molecule has 1 heterocycles. The van der Waals surface area contributed by atoms with Crippen LogP contribution in [0.15, 0.2) is 72.8 Å². The summed E-state index contributed by atoms with van der Waals surface area (Å²) in [4.78, 5) is 27.8. The number of nitrogens with zero attached hydrogens (tertiary/aromatic N) is 1. The zero-order chi connectivity index (χ0) is 21.8. The minimum atomic E-state index is -0.316. The average Bonchev–Trinajstić information content (AvgIpc) is 3.21. The van der Waals surface area contributed by atoms with E-state index < -0.39 is 0 Å². The first-order valence-electron chi connectivity index (χ1n) is 10.0. The quantitative estimate of drug-likeness (QED) is 0.557. The molecular weight excluding hydrogens is 412 g/mol. The van der Waals surface area contributed by atoms with Gasteiger partial charge in [0, 0.05) is 29.4 Å². The number of likely N-dealkylation sites (N-methyl/N-ethyl adjacent to an activating group) is 1. The molecule has 4 rings (SSSR count). The summed E-state index contributed by atoms with van der Waals surface area (Å²) in [5.41, 5.74) is 3.08. The lowest BCUT2D eigenvalue weighted by Gasteiger charge is -2.19. The van der Waals surface area contributed by atoms with E-state index in [0.29, 0.717) is 27.5 Å². The van der Waals surface area contributed by atoms with Gasteiger partial charge in [0.25, 0.3) is 11.8 Å². The third kappa shape index (κ3) is 4.94. The number of halogens is 1. The largest absolute Gasteiger partial charge is 0.322 e. The van der Waals surface area contributed by atoms with E-state index >= 15 is 0 Å². The Balaban J connectivity index is 1.47. The number of carbonyl (C=O) groups is 2. The predicted octanol–water partition coefficient (Wildman–Crippen LogP) is 4.38. The first-order chi connectivity index (χ1) is 15.0. The van der Waals surface area contributed by atoms with Gasteiger partial charge in [-0.2, -0.15) is 0 Å². The molecule has 0 aromatic heterocycles. The molecular formula is C24H23ClN4O2. The molecule has 0 spiro atoms. The van der Waals surface area contributed by atoms with Crippen LogP contribution >= 0.6 is 11.6 Å². The van der Waals surface area contributed by atoms with Crippen molar-refractivity contribution in [3.8, 4) is 0 Å². The van der Waals surface area contributed by atoms with Crippen molar-refractivity contribution in [1.82, 2.24) is 10.2 Å². The van der Waals surface area contributed by atoms with Crippen molar-refractivity contribution in [3.05, 3.63) is 94.5 Å². The number of para-hydroxylation sites is 1. The number of nitrogens with one attached hydrogen (secondary N) is 3. The van der Waals surface area contributed by atoms with E-state index in [1.165, 1.54) is 0 Å². The van der Waals surface area contributed by atoms with Crippen molar-refractivity contribution in [1.29, 1.82) is 0 Å². The molecule has 0 aliphatic carbocycles. The lowest BCUT2D eigenvalue weighted by Crippen LogP contribution is -2.23. The van der Waals surface area contributed by atoms with Crippen LogP contribution in [0.4, 0.5) is 11.4 Å². The maximum atomic E-state index is 12.8. The van der Waals surface area contributed by atoms with Crippen LogP contribution in [-0.2, 0) is 0 Å². The van der Waals surface area contributed by atoms with E-state index in [-0.39, 0.29) is 18.0 Å². The number of carbonyl (C=O) groups excluding carboxylic acids is 2. The topological polar surface area (TPSA) is 73.5 Å². The summed E-state index contributed by atoms with van der Waals surface area (Å²) in [6.45, 7) is 1.93. The highest BCUT2D eigenvalue weighted by molar-refractivity contribution is 6.30. The molecule has 3 N–H and O–H groups in total. The van der Waals surface area contributed by atoms with E-state index in [2.05, 4.69) is 27.9 Å². The second-order valence-corrected chi connectivity index (χ2v) is 7.86. The van der Waals surface area contributed by atoms with E-state index in [4.69, 9.17) is 11.6 Å². The lowest BCUT2D eigenvalue weighted by atomic mass is 10.1. The van der Waals surface area contributed by atoms with E-state index in [1.54, 1.807) is 60.7 Å². The van der Waals surface area contributed by atoms with Crippen molar-refractivity contribution in [2.45, 2.75) is 6.17 Å². The molecule has 1 unspecified atom stereocenters. The Hall–Kier alpha value is -3.19. The van der Waals surface area contributed by atoms with Gasteiger partial charge in [-0.15, -0.1) is 0 Å². The molecule has 1 atom stereocenters. The van der Waals surface area contributed by atoms with Gasteiger partial charge in [-0.05, 0) is 61.1 Å². The number of anilines is 2. The molecule has 0 saturated carbocycles. The minimum Gasteiger partial charge on any atom is -0.322 e. The van der Waals surface area contributed by atoms with Crippen LogP contribution in [0.3, 0.4) is 0 Å². The molecule has 0 radical (unpaired) electrons. The van der Waals surface area contributed by atoms with E-state index in [0.717, 1.165) is 18.7 Å². The first-order valence-corrected chi connectivity index (χ1v) is 10.4. The molecule has 31 heavy (non-hydrogen) atoms. The van der Waals surface area contributed by atoms with Crippen molar-refractivity contribution >= 4 is 34.8 Å². The number of hydrogen-bond donors (Lipinski definition) is 3. The highest BCUT2D eigenvalue weighted by Crippen LogP contribution is 2.22. The van der Waals surface area contributed by atoms with Gasteiger partial charge in [-0.1, -0.05) is 35.9 Å². The third-order valence-electron chi connectivity index (χ3n) is 5.25. The Morgan fingerprint density at radius 2 is 1.65 bits per heavy atom. The molecule has 3 aromatic rings. The molecule has 158 valence electrons. The monoisotopic (exact) mass is 434 g/mol. The Morgan fingerprint density at radius 3 is 2.32 bits per heavy atom. The minimum absolute atomic E-state index is 0.161. The standard InChI is InChI=1S/C24H23ClN4O2/c1-29-15-14-26-22(29)16-6-8-17(9-7-16)23(30)28-21-5-3-2-4-20(21)24(31)27-19-12-10-18(25)11-13-19/h2-13,22,26H,14-15H2,1H3,(H,27,31)(H,28,30). The van der Waals surface area contributed by atoms with E-state index in [9.17, 15) is 9.59 Å². The summed E-state index contributed by atoms with van der Waals surface area (Å²) < 4.78 is 0. The van der Waals surface area contributed by atoms with Gasteiger partial charge >= 0.3 is 0 Å². The zero-order valence-electron chi connectivity index (χ0n) is 17.1. The summed E-state index contributed by atoms with van der Waals surface area (Å²) in [5, 5.41) is 9.69. The average molecular weight is 435 g/mol. The molecule has 3 aromatic carbocycles.